The minimum absolute atomic E-state index is 1.02. The third kappa shape index (κ3) is 2.50. The van der Waals surface area contributed by atoms with Gasteiger partial charge in [0.1, 0.15) is 5.82 Å². The van der Waals surface area contributed by atoms with Gasteiger partial charge in [0.25, 0.3) is 0 Å². The summed E-state index contributed by atoms with van der Waals surface area (Å²) in [6.07, 6.45) is 3.98. The molecule has 0 saturated heterocycles. The van der Waals surface area contributed by atoms with Gasteiger partial charge in [-0.1, -0.05) is 29.8 Å². The van der Waals surface area contributed by atoms with Crippen LogP contribution in [0.25, 0.3) is 27.2 Å². The van der Waals surface area contributed by atoms with Crippen molar-refractivity contribution in [2.75, 3.05) is 0 Å². The summed E-state index contributed by atoms with van der Waals surface area (Å²) in [6.45, 7) is 10.9. The van der Waals surface area contributed by atoms with Crippen molar-refractivity contribution in [2.24, 2.45) is 0 Å². The molecule has 0 aliphatic carbocycles. The average molecular weight is 346 g/mol. The molecule has 0 spiro atoms. The molecule has 126 valence electrons. The Kier molecular flexibility index (Phi) is 3.77. The van der Waals surface area contributed by atoms with E-state index < -0.39 is 0 Å². The van der Waals surface area contributed by atoms with Gasteiger partial charge in [0.05, 0.1) is 5.69 Å². The van der Waals surface area contributed by atoms with Crippen molar-refractivity contribution >= 4 is 21.4 Å². The highest BCUT2D eigenvalue weighted by molar-refractivity contribution is 7.19. The van der Waals surface area contributed by atoms with Crippen LogP contribution in [-0.2, 0) is 0 Å². The van der Waals surface area contributed by atoms with Crippen LogP contribution in [0.5, 0.6) is 0 Å². The van der Waals surface area contributed by atoms with Crippen molar-refractivity contribution in [1.29, 1.82) is 0 Å². The minimum atomic E-state index is 1.02. The van der Waals surface area contributed by atoms with Crippen molar-refractivity contribution in [3.63, 3.8) is 0 Å². The molecule has 3 heteroatoms. The molecule has 0 atom stereocenters. The van der Waals surface area contributed by atoms with Crippen LogP contribution in [-0.4, -0.2) is 9.55 Å². The smallest absolute Gasteiger partial charge is 0.145 e. The number of thiophene rings is 1. The topological polar surface area (TPSA) is 17.8 Å². The van der Waals surface area contributed by atoms with E-state index in [0.717, 1.165) is 5.82 Å². The zero-order valence-corrected chi connectivity index (χ0v) is 16.2. The molecular formula is C22H22N2S. The fraction of sp³-hybridized carbons (Fsp3) is 0.227. The Bertz CT molecular complexity index is 1080. The maximum absolute atomic E-state index is 4.73. The zero-order valence-electron chi connectivity index (χ0n) is 15.3. The van der Waals surface area contributed by atoms with Gasteiger partial charge in [0.2, 0.25) is 0 Å². The third-order valence-electron chi connectivity index (χ3n) is 4.96. The molecule has 0 unspecified atom stereocenters. The molecule has 0 saturated carbocycles. The Morgan fingerprint density at radius 3 is 2.40 bits per heavy atom. The summed E-state index contributed by atoms with van der Waals surface area (Å²) < 4.78 is 3.57. The lowest BCUT2D eigenvalue weighted by Crippen LogP contribution is -2.02. The van der Waals surface area contributed by atoms with Gasteiger partial charge in [-0.2, -0.15) is 0 Å². The molecule has 4 aromatic rings. The Labute approximate surface area is 152 Å². The van der Waals surface area contributed by atoms with E-state index in [9.17, 15) is 0 Å². The fourth-order valence-electron chi connectivity index (χ4n) is 3.77. The molecule has 4 rings (SSSR count). The van der Waals surface area contributed by atoms with Crippen LogP contribution in [0, 0.1) is 34.6 Å². The SMILES string of the molecule is Cc1cc(C)c(-n2ccnc2-c2cccc3c(C)c(C)sc23)c(C)c1. The van der Waals surface area contributed by atoms with Gasteiger partial charge >= 0.3 is 0 Å². The number of aromatic nitrogens is 2. The highest BCUT2D eigenvalue weighted by atomic mass is 32.1. The summed E-state index contributed by atoms with van der Waals surface area (Å²) in [5.74, 6) is 1.02. The molecule has 0 aliphatic heterocycles. The number of fused-ring (bicyclic) bond motifs is 1. The van der Waals surface area contributed by atoms with E-state index in [1.165, 1.54) is 48.5 Å². The first-order valence-electron chi connectivity index (χ1n) is 8.58. The second-order valence-electron chi connectivity index (χ2n) is 6.83. The maximum atomic E-state index is 4.73. The van der Waals surface area contributed by atoms with E-state index in [4.69, 9.17) is 4.98 Å². The van der Waals surface area contributed by atoms with E-state index in [1.54, 1.807) is 0 Å². The van der Waals surface area contributed by atoms with Crippen molar-refractivity contribution in [2.45, 2.75) is 34.6 Å². The number of imidazole rings is 1. The number of hydrogen-bond acceptors (Lipinski definition) is 2. The van der Waals surface area contributed by atoms with Crippen molar-refractivity contribution < 1.29 is 0 Å². The van der Waals surface area contributed by atoms with Crippen molar-refractivity contribution in [3.8, 4) is 17.1 Å². The molecule has 2 heterocycles. The minimum Gasteiger partial charge on any atom is -0.299 e. The first-order valence-corrected chi connectivity index (χ1v) is 9.39. The first kappa shape index (κ1) is 16.1. The van der Waals surface area contributed by atoms with Crippen LogP contribution in [0.3, 0.4) is 0 Å². The Hall–Kier alpha value is -2.39. The molecule has 25 heavy (non-hydrogen) atoms. The van der Waals surface area contributed by atoms with E-state index in [1.807, 2.05) is 17.5 Å². The molecular weight excluding hydrogens is 324 g/mol. The lowest BCUT2D eigenvalue weighted by atomic mass is 10.0. The second kappa shape index (κ2) is 5.85. The zero-order chi connectivity index (χ0) is 17.7. The van der Waals surface area contributed by atoms with Crippen LogP contribution in [0.2, 0.25) is 0 Å². The van der Waals surface area contributed by atoms with Crippen LogP contribution in [0.4, 0.5) is 0 Å². The summed E-state index contributed by atoms with van der Waals surface area (Å²) in [5.41, 5.74) is 7.68. The molecule has 0 fully saturated rings. The Morgan fingerprint density at radius 1 is 0.960 bits per heavy atom. The van der Waals surface area contributed by atoms with Crippen LogP contribution < -0.4 is 0 Å². The van der Waals surface area contributed by atoms with E-state index in [2.05, 4.69) is 75.7 Å². The van der Waals surface area contributed by atoms with E-state index in [0.29, 0.717) is 0 Å². The molecule has 2 nitrogen and oxygen atoms in total. The van der Waals surface area contributed by atoms with Gasteiger partial charge in [-0.25, -0.2) is 4.98 Å². The monoisotopic (exact) mass is 346 g/mol. The van der Waals surface area contributed by atoms with Crippen molar-refractivity contribution in [1.82, 2.24) is 9.55 Å². The normalized spacial score (nSPS) is 11.4. The molecule has 2 aromatic heterocycles. The molecule has 2 aromatic carbocycles. The molecule has 0 aliphatic rings. The standard InChI is InChI=1S/C22H22N2S/c1-13-11-14(2)20(15(3)12-13)24-10-9-23-22(24)19-8-6-7-18-16(4)17(5)25-21(18)19/h6-12H,1-5H3. The number of benzene rings is 2. The van der Waals surface area contributed by atoms with Crippen LogP contribution in [0.1, 0.15) is 27.1 Å². The Balaban J connectivity index is 2.00. The van der Waals surface area contributed by atoms with Crippen molar-refractivity contribution in [3.05, 3.63) is 69.9 Å². The average Bonchev–Trinajstić information content (AvgIpc) is 3.12. The van der Waals surface area contributed by atoms with Crippen LogP contribution in [0.15, 0.2) is 42.7 Å². The summed E-state index contributed by atoms with van der Waals surface area (Å²) in [5, 5.41) is 1.34. The van der Waals surface area contributed by atoms with Gasteiger partial charge < -0.3 is 0 Å². The molecule has 0 radical (unpaired) electrons. The second-order valence-corrected chi connectivity index (χ2v) is 8.06. The van der Waals surface area contributed by atoms with Gasteiger partial charge in [-0.05, 0) is 62.8 Å². The highest BCUT2D eigenvalue weighted by Gasteiger charge is 2.16. The van der Waals surface area contributed by atoms with Crippen LogP contribution >= 0.6 is 11.3 Å². The quantitative estimate of drug-likeness (QED) is 0.417. The largest absolute Gasteiger partial charge is 0.299 e. The Morgan fingerprint density at radius 2 is 1.68 bits per heavy atom. The summed E-state index contributed by atoms with van der Waals surface area (Å²) in [6, 6.07) is 11.0. The summed E-state index contributed by atoms with van der Waals surface area (Å²) in [4.78, 5) is 6.10. The third-order valence-corrected chi connectivity index (χ3v) is 6.22. The van der Waals surface area contributed by atoms with Gasteiger partial charge in [0, 0.05) is 27.5 Å². The molecule has 0 amide bonds. The summed E-state index contributed by atoms with van der Waals surface area (Å²) >= 11 is 1.87. The predicted molar refractivity (Wildman–Crippen MR) is 108 cm³/mol. The number of rotatable bonds is 2. The van der Waals surface area contributed by atoms with E-state index >= 15 is 0 Å². The number of nitrogens with zero attached hydrogens (tertiary/aromatic N) is 2. The number of hydrogen-bond donors (Lipinski definition) is 0. The van der Waals surface area contributed by atoms with E-state index in [-0.39, 0.29) is 0 Å². The predicted octanol–water partition coefficient (Wildman–Crippen LogP) is 6.30. The fourth-order valence-corrected chi connectivity index (χ4v) is 4.94. The van der Waals surface area contributed by atoms with Gasteiger partial charge in [0.15, 0.2) is 0 Å². The van der Waals surface area contributed by atoms with Gasteiger partial charge in [-0.3, -0.25) is 4.57 Å². The first-order chi connectivity index (χ1) is 12.0. The van der Waals surface area contributed by atoms with Gasteiger partial charge in [-0.15, -0.1) is 11.3 Å². The lowest BCUT2D eigenvalue weighted by Gasteiger charge is -2.15. The summed E-state index contributed by atoms with van der Waals surface area (Å²) in [7, 11) is 0. The highest BCUT2D eigenvalue weighted by Crippen LogP contribution is 2.38. The molecule has 0 bridgehead atoms. The molecule has 0 N–H and O–H groups in total. The maximum Gasteiger partial charge on any atom is 0.145 e. The lowest BCUT2D eigenvalue weighted by molar-refractivity contribution is 1.03. The number of aryl methyl sites for hydroxylation is 5.